The van der Waals surface area contributed by atoms with E-state index < -0.39 is 0 Å². The Bertz CT molecular complexity index is 269. The quantitative estimate of drug-likeness (QED) is 0.782. The molecule has 0 saturated carbocycles. The average molecular weight is 194 g/mol. The maximum atomic E-state index is 3.96. The summed E-state index contributed by atoms with van der Waals surface area (Å²) in [6.45, 7) is 5.20. The predicted octanol–water partition coefficient (Wildman–Crippen LogP) is 1.23. The Hall–Kier alpha value is -1.16. The van der Waals surface area contributed by atoms with Crippen LogP contribution in [-0.2, 0) is 0 Å². The van der Waals surface area contributed by atoms with Crippen molar-refractivity contribution in [3.05, 3.63) is 18.3 Å². The molecule has 1 aromatic heterocycles. The van der Waals surface area contributed by atoms with Gasteiger partial charge in [0.2, 0.25) is 0 Å². The van der Waals surface area contributed by atoms with Crippen LogP contribution >= 0.6 is 0 Å². The van der Waals surface area contributed by atoms with Crippen molar-refractivity contribution >= 4 is 5.82 Å². The molecule has 0 aliphatic heterocycles. The molecular weight excluding hydrogens is 176 g/mol. The Morgan fingerprint density at radius 2 is 2.14 bits per heavy atom. The predicted molar refractivity (Wildman–Crippen MR) is 58.3 cm³/mol. The SMILES string of the molecule is CN(C)C(C)(C)CNc1cccnn1. The molecule has 0 radical (unpaired) electrons. The lowest BCUT2D eigenvalue weighted by atomic mass is 10.0. The van der Waals surface area contributed by atoms with Gasteiger partial charge in [0.25, 0.3) is 0 Å². The van der Waals surface area contributed by atoms with Gasteiger partial charge in [-0.1, -0.05) is 0 Å². The van der Waals surface area contributed by atoms with Crippen LogP contribution in [0, 0.1) is 0 Å². The molecule has 0 aromatic carbocycles. The van der Waals surface area contributed by atoms with Gasteiger partial charge in [0, 0.05) is 18.3 Å². The maximum absolute atomic E-state index is 3.96. The zero-order valence-corrected chi connectivity index (χ0v) is 9.28. The van der Waals surface area contributed by atoms with Gasteiger partial charge < -0.3 is 10.2 Å². The molecule has 4 nitrogen and oxygen atoms in total. The van der Waals surface area contributed by atoms with Crippen LogP contribution in [0.1, 0.15) is 13.8 Å². The standard InChI is InChI=1S/C10H18N4/c1-10(2,14(3)4)8-11-9-6-5-7-12-13-9/h5-7H,8H2,1-4H3,(H,11,13). The molecule has 0 aliphatic carbocycles. The summed E-state index contributed by atoms with van der Waals surface area (Å²) in [7, 11) is 4.14. The minimum atomic E-state index is 0.109. The number of likely N-dealkylation sites (N-methyl/N-ethyl adjacent to an activating group) is 1. The molecule has 1 aromatic rings. The van der Waals surface area contributed by atoms with Crippen LogP contribution in [0.25, 0.3) is 0 Å². The minimum Gasteiger partial charge on any atom is -0.367 e. The van der Waals surface area contributed by atoms with Crippen LogP contribution in [0.3, 0.4) is 0 Å². The molecule has 78 valence electrons. The van der Waals surface area contributed by atoms with Gasteiger partial charge in [-0.15, -0.1) is 5.10 Å². The average Bonchev–Trinajstić information content (AvgIpc) is 2.16. The molecule has 1 heterocycles. The molecule has 0 saturated heterocycles. The topological polar surface area (TPSA) is 41.0 Å². The van der Waals surface area contributed by atoms with Gasteiger partial charge in [0.1, 0.15) is 5.82 Å². The van der Waals surface area contributed by atoms with Crippen molar-refractivity contribution in [1.29, 1.82) is 0 Å². The first-order valence-electron chi connectivity index (χ1n) is 4.71. The second-order valence-corrected chi connectivity index (χ2v) is 4.17. The lowest BCUT2D eigenvalue weighted by Crippen LogP contribution is -2.44. The fourth-order valence-corrected chi connectivity index (χ4v) is 0.861. The highest BCUT2D eigenvalue weighted by Crippen LogP contribution is 2.10. The number of hydrogen-bond donors (Lipinski definition) is 1. The van der Waals surface area contributed by atoms with E-state index in [1.807, 2.05) is 12.1 Å². The third-order valence-electron chi connectivity index (χ3n) is 2.49. The van der Waals surface area contributed by atoms with E-state index in [9.17, 15) is 0 Å². The van der Waals surface area contributed by atoms with E-state index in [-0.39, 0.29) is 5.54 Å². The number of anilines is 1. The number of rotatable bonds is 4. The van der Waals surface area contributed by atoms with E-state index in [4.69, 9.17) is 0 Å². The van der Waals surface area contributed by atoms with Gasteiger partial charge in [-0.3, -0.25) is 0 Å². The third-order valence-corrected chi connectivity index (χ3v) is 2.49. The first-order chi connectivity index (χ1) is 6.52. The van der Waals surface area contributed by atoms with E-state index >= 15 is 0 Å². The van der Waals surface area contributed by atoms with Gasteiger partial charge in [-0.2, -0.15) is 5.10 Å². The highest BCUT2D eigenvalue weighted by atomic mass is 15.2. The van der Waals surface area contributed by atoms with Crippen LogP contribution in [0.5, 0.6) is 0 Å². The molecule has 0 amide bonds. The van der Waals surface area contributed by atoms with Crippen LogP contribution in [0.15, 0.2) is 18.3 Å². The Kier molecular flexibility index (Phi) is 3.41. The summed E-state index contributed by atoms with van der Waals surface area (Å²) in [5, 5.41) is 11.0. The first-order valence-corrected chi connectivity index (χ1v) is 4.71. The Balaban J connectivity index is 2.49. The van der Waals surface area contributed by atoms with E-state index in [1.165, 1.54) is 0 Å². The molecule has 1 N–H and O–H groups in total. The fraction of sp³-hybridized carbons (Fsp3) is 0.600. The van der Waals surface area contributed by atoms with Crippen molar-refractivity contribution in [3.8, 4) is 0 Å². The number of nitrogens with zero attached hydrogens (tertiary/aromatic N) is 3. The summed E-state index contributed by atoms with van der Waals surface area (Å²) in [6.07, 6.45) is 1.67. The highest BCUT2D eigenvalue weighted by Gasteiger charge is 2.19. The van der Waals surface area contributed by atoms with Crippen molar-refractivity contribution in [2.24, 2.45) is 0 Å². The summed E-state index contributed by atoms with van der Waals surface area (Å²) in [5.41, 5.74) is 0.109. The molecule has 0 atom stereocenters. The molecule has 0 bridgehead atoms. The molecular formula is C10H18N4. The molecule has 14 heavy (non-hydrogen) atoms. The van der Waals surface area contributed by atoms with Gasteiger partial charge in [0.15, 0.2) is 0 Å². The van der Waals surface area contributed by atoms with E-state index in [1.54, 1.807) is 6.20 Å². The number of hydrogen-bond acceptors (Lipinski definition) is 4. The van der Waals surface area contributed by atoms with Crippen LogP contribution in [-0.4, -0.2) is 41.3 Å². The number of nitrogens with one attached hydrogen (secondary N) is 1. The van der Waals surface area contributed by atoms with Crippen molar-refractivity contribution in [2.75, 3.05) is 26.0 Å². The summed E-state index contributed by atoms with van der Waals surface area (Å²) in [4.78, 5) is 2.18. The lowest BCUT2D eigenvalue weighted by molar-refractivity contribution is 0.210. The van der Waals surface area contributed by atoms with Crippen molar-refractivity contribution in [2.45, 2.75) is 19.4 Å². The second-order valence-electron chi connectivity index (χ2n) is 4.17. The van der Waals surface area contributed by atoms with Crippen molar-refractivity contribution in [3.63, 3.8) is 0 Å². The van der Waals surface area contributed by atoms with Crippen LogP contribution < -0.4 is 5.32 Å². The van der Waals surface area contributed by atoms with Crippen LogP contribution in [0.2, 0.25) is 0 Å². The molecule has 0 aliphatic rings. The van der Waals surface area contributed by atoms with Gasteiger partial charge >= 0.3 is 0 Å². The Morgan fingerprint density at radius 1 is 1.43 bits per heavy atom. The van der Waals surface area contributed by atoms with E-state index in [0.717, 1.165) is 12.4 Å². The fourth-order valence-electron chi connectivity index (χ4n) is 0.861. The van der Waals surface area contributed by atoms with Gasteiger partial charge in [0.05, 0.1) is 0 Å². The zero-order valence-electron chi connectivity index (χ0n) is 9.28. The monoisotopic (exact) mass is 194 g/mol. The van der Waals surface area contributed by atoms with Gasteiger partial charge in [-0.05, 0) is 40.1 Å². The zero-order chi connectivity index (χ0) is 10.6. The van der Waals surface area contributed by atoms with Gasteiger partial charge in [-0.25, -0.2) is 0 Å². The summed E-state index contributed by atoms with van der Waals surface area (Å²) in [6, 6.07) is 3.79. The molecule has 1 rings (SSSR count). The Morgan fingerprint density at radius 3 is 2.64 bits per heavy atom. The number of aromatic nitrogens is 2. The largest absolute Gasteiger partial charge is 0.367 e. The normalized spacial score (nSPS) is 11.8. The van der Waals surface area contributed by atoms with Crippen molar-refractivity contribution in [1.82, 2.24) is 15.1 Å². The molecule has 0 spiro atoms. The smallest absolute Gasteiger partial charge is 0.148 e. The second kappa shape index (κ2) is 4.37. The highest BCUT2D eigenvalue weighted by molar-refractivity contribution is 5.32. The van der Waals surface area contributed by atoms with E-state index in [2.05, 4.69) is 48.4 Å². The summed E-state index contributed by atoms with van der Waals surface area (Å²) in [5.74, 6) is 0.822. The molecule has 0 fully saturated rings. The Labute approximate surface area is 85.3 Å². The minimum absolute atomic E-state index is 0.109. The lowest BCUT2D eigenvalue weighted by Gasteiger charge is -2.32. The molecule has 4 heteroatoms. The summed E-state index contributed by atoms with van der Waals surface area (Å²) < 4.78 is 0. The molecule has 0 unspecified atom stereocenters. The first kappa shape index (κ1) is 10.9. The van der Waals surface area contributed by atoms with Crippen molar-refractivity contribution < 1.29 is 0 Å². The summed E-state index contributed by atoms with van der Waals surface area (Å²) >= 11 is 0. The van der Waals surface area contributed by atoms with Crippen LogP contribution in [0.4, 0.5) is 5.82 Å². The third kappa shape index (κ3) is 2.96. The maximum Gasteiger partial charge on any atom is 0.148 e. The van der Waals surface area contributed by atoms with E-state index in [0.29, 0.717) is 0 Å².